The Bertz CT molecular complexity index is 1110. The SMILES string of the molecule is C.O=C1c2cccc(Sc3ncc[nH]3)c2C(=O)c2c(Sc3ncc[nH]3)cccc21. The van der Waals surface area contributed by atoms with Gasteiger partial charge in [-0.2, -0.15) is 0 Å². The van der Waals surface area contributed by atoms with Crippen molar-refractivity contribution in [2.24, 2.45) is 0 Å². The van der Waals surface area contributed by atoms with Crippen molar-refractivity contribution in [3.05, 3.63) is 83.4 Å². The molecule has 0 amide bonds. The molecule has 0 unspecified atom stereocenters. The molecule has 6 nitrogen and oxygen atoms in total. The lowest BCUT2D eigenvalue weighted by Crippen LogP contribution is -2.22. The number of hydrogen-bond donors (Lipinski definition) is 2. The van der Waals surface area contributed by atoms with Crippen LogP contribution >= 0.6 is 23.5 Å². The normalized spacial score (nSPS) is 12.3. The first-order valence-corrected chi connectivity index (χ1v) is 10.1. The molecule has 2 aromatic heterocycles. The molecule has 29 heavy (non-hydrogen) atoms. The van der Waals surface area contributed by atoms with E-state index < -0.39 is 0 Å². The third-order valence-electron chi connectivity index (χ3n) is 4.36. The van der Waals surface area contributed by atoms with E-state index in [1.54, 1.807) is 49.1 Å². The van der Waals surface area contributed by atoms with Crippen molar-refractivity contribution in [1.29, 1.82) is 0 Å². The Morgan fingerprint density at radius 1 is 0.690 bits per heavy atom. The smallest absolute Gasteiger partial charge is 0.196 e. The molecule has 0 radical (unpaired) electrons. The molecular formula is C21H16N4O2S2. The highest BCUT2D eigenvalue weighted by atomic mass is 32.2. The standard InChI is InChI=1S/C20H12N4O2S2.CH4/c25-17-11-3-1-5-13(27-19-21-7-8-22-19)15(11)18(26)16-12(17)4-2-6-14(16)28-20-23-9-10-24-20;/h1-10H,(H,21,22)(H,23,24);1H4. The van der Waals surface area contributed by atoms with E-state index in [2.05, 4.69) is 19.9 Å². The Morgan fingerprint density at radius 3 is 1.59 bits per heavy atom. The summed E-state index contributed by atoms with van der Waals surface area (Å²) in [5.74, 6) is -0.303. The maximum absolute atomic E-state index is 13.5. The number of imidazole rings is 2. The molecule has 8 heteroatoms. The molecule has 0 aliphatic heterocycles. The maximum Gasteiger partial charge on any atom is 0.196 e. The molecule has 1 aliphatic carbocycles. The summed E-state index contributed by atoms with van der Waals surface area (Å²) < 4.78 is 0. The van der Waals surface area contributed by atoms with Crippen molar-refractivity contribution < 1.29 is 9.59 Å². The lowest BCUT2D eigenvalue weighted by Gasteiger charge is -2.21. The van der Waals surface area contributed by atoms with Crippen molar-refractivity contribution in [1.82, 2.24) is 19.9 Å². The minimum absolute atomic E-state index is 0. The van der Waals surface area contributed by atoms with Gasteiger partial charge in [-0.1, -0.05) is 55.2 Å². The van der Waals surface area contributed by atoms with Gasteiger partial charge in [0.25, 0.3) is 0 Å². The quantitative estimate of drug-likeness (QED) is 0.432. The molecule has 0 saturated carbocycles. The first-order valence-electron chi connectivity index (χ1n) is 8.42. The molecule has 4 aromatic rings. The molecule has 0 bridgehead atoms. The lowest BCUT2D eigenvalue weighted by molar-refractivity contribution is 0.0974. The Morgan fingerprint density at radius 2 is 1.17 bits per heavy atom. The first kappa shape index (κ1) is 19.2. The predicted octanol–water partition coefficient (Wildman–Crippen LogP) is 4.85. The summed E-state index contributed by atoms with van der Waals surface area (Å²) in [6.45, 7) is 0. The summed E-state index contributed by atoms with van der Waals surface area (Å²) in [6.07, 6.45) is 6.74. The largest absolute Gasteiger partial charge is 0.339 e. The fraction of sp³-hybridized carbons (Fsp3) is 0.0476. The number of nitrogens with one attached hydrogen (secondary N) is 2. The number of carbonyl (C=O) groups excluding carboxylic acids is 2. The van der Waals surface area contributed by atoms with Gasteiger partial charge in [-0.05, 0) is 12.1 Å². The summed E-state index contributed by atoms with van der Waals surface area (Å²) in [7, 11) is 0. The molecule has 0 fully saturated rings. The highest BCUT2D eigenvalue weighted by molar-refractivity contribution is 7.99. The second-order valence-electron chi connectivity index (χ2n) is 6.01. The number of H-pyrrole nitrogens is 2. The van der Waals surface area contributed by atoms with Crippen molar-refractivity contribution in [3.8, 4) is 0 Å². The molecule has 1 aliphatic rings. The minimum Gasteiger partial charge on any atom is -0.339 e. The van der Waals surface area contributed by atoms with E-state index in [0.29, 0.717) is 42.4 Å². The zero-order chi connectivity index (χ0) is 19.1. The molecule has 0 saturated heterocycles. The zero-order valence-corrected chi connectivity index (χ0v) is 15.9. The Kier molecular flexibility index (Phi) is 5.12. The van der Waals surface area contributed by atoms with Crippen LogP contribution in [0.3, 0.4) is 0 Å². The minimum atomic E-state index is -0.158. The van der Waals surface area contributed by atoms with Gasteiger partial charge in [-0.15, -0.1) is 0 Å². The Labute approximate surface area is 175 Å². The van der Waals surface area contributed by atoms with Gasteiger partial charge in [0.05, 0.1) is 0 Å². The van der Waals surface area contributed by atoms with Gasteiger partial charge in [0.1, 0.15) is 0 Å². The van der Waals surface area contributed by atoms with Gasteiger partial charge in [0.15, 0.2) is 21.9 Å². The molecule has 0 atom stereocenters. The van der Waals surface area contributed by atoms with E-state index in [9.17, 15) is 9.59 Å². The van der Waals surface area contributed by atoms with Gasteiger partial charge in [-0.25, -0.2) is 9.97 Å². The van der Waals surface area contributed by atoms with Gasteiger partial charge in [0.2, 0.25) is 0 Å². The summed E-state index contributed by atoms with van der Waals surface area (Å²) in [6, 6.07) is 10.7. The van der Waals surface area contributed by atoms with Gasteiger partial charge >= 0.3 is 0 Å². The van der Waals surface area contributed by atoms with Crippen LogP contribution in [0.25, 0.3) is 0 Å². The first-order chi connectivity index (χ1) is 13.7. The number of carbonyl (C=O) groups is 2. The number of benzene rings is 2. The second-order valence-corrected chi connectivity index (χ2v) is 8.07. The Hall–Kier alpha value is -3.10. The van der Waals surface area contributed by atoms with Gasteiger partial charge in [0, 0.05) is 56.8 Å². The molecule has 2 aromatic carbocycles. The van der Waals surface area contributed by atoms with Crippen molar-refractivity contribution in [2.75, 3.05) is 0 Å². The van der Waals surface area contributed by atoms with Crippen molar-refractivity contribution in [3.63, 3.8) is 0 Å². The molecule has 2 N–H and O–H groups in total. The van der Waals surface area contributed by atoms with Crippen LogP contribution in [-0.4, -0.2) is 31.5 Å². The average molecular weight is 421 g/mol. The number of ketones is 2. The van der Waals surface area contributed by atoms with Crippen LogP contribution in [0.4, 0.5) is 0 Å². The molecule has 5 rings (SSSR count). The van der Waals surface area contributed by atoms with Gasteiger partial charge < -0.3 is 9.97 Å². The third kappa shape index (κ3) is 3.30. The van der Waals surface area contributed by atoms with E-state index in [4.69, 9.17) is 0 Å². The number of rotatable bonds is 4. The van der Waals surface area contributed by atoms with E-state index in [1.165, 1.54) is 23.5 Å². The van der Waals surface area contributed by atoms with E-state index in [0.717, 1.165) is 0 Å². The third-order valence-corrected chi connectivity index (χ3v) is 6.31. The van der Waals surface area contributed by atoms with Crippen LogP contribution in [0.1, 0.15) is 39.3 Å². The number of fused-ring (bicyclic) bond motifs is 2. The van der Waals surface area contributed by atoms with E-state index in [1.807, 2.05) is 12.1 Å². The van der Waals surface area contributed by atoms with Crippen LogP contribution in [0.2, 0.25) is 0 Å². The highest BCUT2D eigenvalue weighted by Gasteiger charge is 2.34. The molecular weight excluding hydrogens is 404 g/mol. The van der Waals surface area contributed by atoms with Crippen LogP contribution in [-0.2, 0) is 0 Å². The summed E-state index contributed by atoms with van der Waals surface area (Å²) in [5.41, 5.74) is 1.70. The van der Waals surface area contributed by atoms with Crippen molar-refractivity contribution >= 4 is 35.1 Å². The van der Waals surface area contributed by atoms with E-state index >= 15 is 0 Å². The number of aromatic nitrogens is 4. The monoisotopic (exact) mass is 420 g/mol. The summed E-state index contributed by atoms with van der Waals surface area (Å²) >= 11 is 2.67. The molecule has 144 valence electrons. The zero-order valence-electron chi connectivity index (χ0n) is 14.3. The topological polar surface area (TPSA) is 91.5 Å². The second kappa shape index (κ2) is 7.73. The number of nitrogens with zero attached hydrogens (tertiary/aromatic N) is 2. The van der Waals surface area contributed by atoms with Crippen LogP contribution < -0.4 is 0 Å². The maximum atomic E-state index is 13.5. The van der Waals surface area contributed by atoms with Gasteiger partial charge in [-0.3, -0.25) is 9.59 Å². The van der Waals surface area contributed by atoms with Crippen LogP contribution in [0, 0.1) is 0 Å². The summed E-state index contributed by atoms with van der Waals surface area (Å²) in [5, 5.41) is 1.33. The van der Waals surface area contributed by atoms with Crippen LogP contribution in [0.15, 0.2) is 81.3 Å². The van der Waals surface area contributed by atoms with Crippen molar-refractivity contribution in [2.45, 2.75) is 27.5 Å². The lowest BCUT2D eigenvalue weighted by atomic mass is 9.84. The predicted molar refractivity (Wildman–Crippen MR) is 112 cm³/mol. The fourth-order valence-corrected chi connectivity index (χ4v) is 4.97. The fourth-order valence-electron chi connectivity index (χ4n) is 3.17. The highest BCUT2D eigenvalue weighted by Crippen LogP contribution is 2.40. The number of hydrogen-bond acceptors (Lipinski definition) is 6. The van der Waals surface area contributed by atoms with Crippen LogP contribution in [0.5, 0.6) is 0 Å². The van der Waals surface area contributed by atoms with E-state index in [-0.39, 0.29) is 19.0 Å². The number of aromatic amines is 2. The Balaban J connectivity index is 0.00000205. The molecule has 0 spiro atoms. The summed E-state index contributed by atoms with van der Waals surface area (Å²) in [4.78, 5) is 42.5. The average Bonchev–Trinajstić information content (AvgIpc) is 3.40. The molecule has 2 heterocycles.